The molecule has 6 heteroatoms. The lowest BCUT2D eigenvalue weighted by molar-refractivity contribution is 0.628. The van der Waals surface area contributed by atoms with Crippen molar-refractivity contribution in [3.05, 3.63) is 35.4 Å². The van der Waals surface area contributed by atoms with Crippen LogP contribution in [0.4, 0.5) is 10.1 Å². The summed E-state index contributed by atoms with van der Waals surface area (Å²) in [5, 5.41) is 13.8. The van der Waals surface area contributed by atoms with Crippen LogP contribution >= 0.6 is 0 Å². The van der Waals surface area contributed by atoms with E-state index in [1.807, 2.05) is 0 Å². The van der Waals surface area contributed by atoms with Crippen molar-refractivity contribution in [2.24, 2.45) is 7.05 Å². The SMILES string of the molecule is C#Cc1ccc(NCc2nnnn2C)c(F)c1. The van der Waals surface area contributed by atoms with Gasteiger partial charge in [0.15, 0.2) is 5.82 Å². The highest BCUT2D eigenvalue weighted by Gasteiger charge is 2.05. The fourth-order valence-corrected chi connectivity index (χ4v) is 1.32. The van der Waals surface area contributed by atoms with Crippen LogP contribution in [0.3, 0.4) is 0 Å². The van der Waals surface area contributed by atoms with Gasteiger partial charge in [-0.3, -0.25) is 0 Å². The Balaban J connectivity index is 2.10. The van der Waals surface area contributed by atoms with E-state index >= 15 is 0 Å². The van der Waals surface area contributed by atoms with Crippen LogP contribution < -0.4 is 5.32 Å². The van der Waals surface area contributed by atoms with E-state index in [4.69, 9.17) is 6.42 Å². The van der Waals surface area contributed by atoms with E-state index in [2.05, 4.69) is 26.8 Å². The molecule has 2 aromatic rings. The molecular weight excluding hydrogens is 221 g/mol. The van der Waals surface area contributed by atoms with Crippen LogP contribution in [0.15, 0.2) is 18.2 Å². The molecule has 1 heterocycles. The molecule has 86 valence electrons. The molecule has 0 saturated heterocycles. The van der Waals surface area contributed by atoms with Gasteiger partial charge >= 0.3 is 0 Å². The van der Waals surface area contributed by atoms with E-state index in [0.717, 1.165) is 0 Å². The minimum absolute atomic E-state index is 0.343. The Morgan fingerprint density at radius 3 is 2.94 bits per heavy atom. The third-order valence-electron chi connectivity index (χ3n) is 2.28. The average molecular weight is 231 g/mol. The Hall–Kier alpha value is -2.42. The molecule has 0 saturated carbocycles. The minimum Gasteiger partial charge on any atom is -0.375 e. The zero-order chi connectivity index (χ0) is 12.3. The topological polar surface area (TPSA) is 55.6 Å². The Morgan fingerprint density at radius 1 is 1.53 bits per heavy atom. The van der Waals surface area contributed by atoms with Crippen molar-refractivity contribution in [2.45, 2.75) is 6.54 Å². The Bertz CT molecular complexity index is 569. The van der Waals surface area contributed by atoms with Gasteiger partial charge in [0.05, 0.1) is 12.2 Å². The fraction of sp³-hybridized carbons (Fsp3) is 0.182. The summed E-state index contributed by atoms with van der Waals surface area (Å²) < 4.78 is 15.1. The van der Waals surface area contributed by atoms with Crippen molar-refractivity contribution in [3.8, 4) is 12.3 Å². The summed E-state index contributed by atoms with van der Waals surface area (Å²) in [6.07, 6.45) is 5.17. The smallest absolute Gasteiger partial charge is 0.170 e. The lowest BCUT2D eigenvalue weighted by atomic mass is 10.2. The molecule has 0 bridgehead atoms. The van der Waals surface area contributed by atoms with Crippen LogP contribution in [0.2, 0.25) is 0 Å². The summed E-state index contributed by atoms with van der Waals surface area (Å²) in [6, 6.07) is 4.56. The number of nitrogens with zero attached hydrogens (tertiary/aromatic N) is 4. The molecule has 0 aliphatic rings. The molecule has 0 amide bonds. The fourth-order valence-electron chi connectivity index (χ4n) is 1.32. The predicted octanol–water partition coefficient (Wildman–Crippen LogP) is 0.943. The van der Waals surface area contributed by atoms with Crippen LogP contribution in [-0.4, -0.2) is 20.2 Å². The van der Waals surface area contributed by atoms with Gasteiger partial charge in [0.25, 0.3) is 0 Å². The molecule has 0 aliphatic heterocycles. The summed E-state index contributed by atoms with van der Waals surface area (Å²) in [5.41, 5.74) is 0.875. The van der Waals surface area contributed by atoms with Gasteiger partial charge in [0.1, 0.15) is 5.82 Å². The second kappa shape index (κ2) is 4.61. The normalized spacial score (nSPS) is 9.94. The molecular formula is C11H10FN5. The summed E-state index contributed by atoms with van der Waals surface area (Å²) in [7, 11) is 1.72. The number of anilines is 1. The molecule has 1 aromatic heterocycles. The average Bonchev–Trinajstić information content (AvgIpc) is 2.73. The molecule has 0 aliphatic carbocycles. The first-order valence-electron chi connectivity index (χ1n) is 4.92. The van der Waals surface area contributed by atoms with Crippen LogP contribution in [0, 0.1) is 18.2 Å². The first kappa shape index (κ1) is 11.1. The van der Waals surface area contributed by atoms with Crippen molar-refractivity contribution in [1.82, 2.24) is 20.2 Å². The Morgan fingerprint density at radius 2 is 2.35 bits per heavy atom. The molecule has 0 radical (unpaired) electrons. The van der Waals surface area contributed by atoms with Gasteiger partial charge in [-0.15, -0.1) is 11.5 Å². The molecule has 0 unspecified atom stereocenters. The molecule has 0 spiro atoms. The number of nitrogens with one attached hydrogen (secondary N) is 1. The van der Waals surface area contributed by atoms with Crippen molar-refractivity contribution in [3.63, 3.8) is 0 Å². The number of benzene rings is 1. The van der Waals surface area contributed by atoms with E-state index in [9.17, 15) is 4.39 Å². The summed E-state index contributed by atoms with van der Waals surface area (Å²) >= 11 is 0. The number of hydrogen-bond acceptors (Lipinski definition) is 4. The van der Waals surface area contributed by atoms with Crippen LogP contribution in [0.1, 0.15) is 11.4 Å². The Kier molecular flexibility index (Phi) is 3.01. The maximum atomic E-state index is 13.5. The van der Waals surface area contributed by atoms with Crippen molar-refractivity contribution < 1.29 is 4.39 Å². The van der Waals surface area contributed by atoms with Crippen molar-refractivity contribution >= 4 is 5.69 Å². The number of rotatable bonds is 3. The molecule has 0 atom stereocenters. The van der Waals surface area contributed by atoms with Gasteiger partial charge in [-0.1, -0.05) is 5.92 Å². The second-order valence-corrected chi connectivity index (χ2v) is 3.41. The molecule has 1 aromatic carbocycles. The van der Waals surface area contributed by atoms with Gasteiger partial charge in [-0.2, -0.15) is 0 Å². The molecule has 5 nitrogen and oxygen atoms in total. The number of hydrogen-bond donors (Lipinski definition) is 1. The van der Waals surface area contributed by atoms with Crippen LogP contribution in [-0.2, 0) is 13.6 Å². The number of aryl methyl sites for hydroxylation is 1. The second-order valence-electron chi connectivity index (χ2n) is 3.41. The lowest BCUT2D eigenvalue weighted by Gasteiger charge is -2.06. The van der Waals surface area contributed by atoms with Gasteiger partial charge in [0, 0.05) is 12.6 Å². The summed E-state index contributed by atoms with van der Waals surface area (Å²) in [6.45, 7) is 0.343. The zero-order valence-corrected chi connectivity index (χ0v) is 9.18. The van der Waals surface area contributed by atoms with E-state index in [-0.39, 0.29) is 0 Å². The lowest BCUT2D eigenvalue weighted by Crippen LogP contribution is -2.07. The maximum Gasteiger partial charge on any atom is 0.170 e. The molecule has 2 rings (SSSR count). The van der Waals surface area contributed by atoms with Crippen molar-refractivity contribution in [1.29, 1.82) is 0 Å². The van der Waals surface area contributed by atoms with E-state index < -0.39 is 5.82 Å². The minimum atomic E-state index is -0.393. The summed E-state index contributed by atoms with van der Waals surface area (Å²) in [4.78, 5) is 0. The van der Waals surface area contributed by atoms with Gasteiger partial charge < -0.3 is 5.32 Å². The van der Waals surface area contributed by atoms with Gasteiger partial charge in [0.2, 0.25) is 0 Å². The van der Waals surface area contributed by atoms with Gasteiger partial charge in [-0.25, -0.2) is 9.07 Å². The standard InChI is InChI=1S/C11H10FN5/c1-3-8-4-5-10(9(12)6-8)13-7-11-14-15-16-17(11)2/h1,4-6,13H,7H2,2H3. The highest BCUT2D eigenvalue weighted by molar-refractivity contribution is 5.49. The monoisotopic (exact) mass is 231 g/mol. The quantitative estimate of drug-likeness (QED) is 0.799. The largest absolute Gasteiger partial charge is 0.375 e. The third kappa shape index (κ3) is 2.39. The third-order valence-corrected chi connectivity index (χ3v) is 2.28. The first-order valence-corrected chi connectivity index (χ1v) is 4.92. The van der Waals surface area contributed by atoms with Crippen molar-refractivity contribution in [2.75, 3.05) is 5.32 Å². The number of terminal acetylenes is 1. The van der Waals surface area contributed by atoms with E-state index in [1.165, 1.54) is 10.7 Å². The zero-order valence-electron chi connectivity index (χ0n) is 9.18. The first-order chi connectivity index (χ1) is 8.20. The summed E-state index contributed by atoms with van der Waals surface area (Å²) in [5.74, 6) is 2.59. The molecule has 1 N–H and O–H groups in total. The predicted molar refractivity (Wildman–Crippen MR) is 60.5 cm³/mol. The number of aromatic nitrogens is 4. The Labute approximate surface area is 97.6 Å². The number of tetrazole rings is 1. The van der Waals surface area contributed by atoms with E-state index in [0.29, 0.717) is 23.6 Å². The van der Waals surface area contributed by atoms with Crippen LogP contribution in [0.5, 0.6) is 0 Å². The highest BCUT2D eigenvalue weighted by atomic mass is 19.1. The van der Waals surface area contributed by atoms with Crippen LogP contribution in [0.25, 0.3) is 0 Å². The number of halogens is 1. The molecule has 0 fully saturated rings. The van der Waals surface area contributed by atoms with E-state index in [1.54, 1.807) is 19.2 Å². The maximum absolute atomic E-state index is 13.5. The van der Waals surface area contributed by atoms with Gasteiger partial charge in [-0.05, 0) is 28.6 Å². The molecule has 17 heavy (non-hydrogen) atoms. The highest BCUT2D eigenvalue weighted by Crippen LogP contribution is 2.15.